The summed E-state index contributed by atoms with van der Waals surface area (Å²) in [4.78, 5) is 0. The molecule has 0 saturated heterocycles. The van der Waals surface area contributed by atoms with E-state index in [-0.39, 0.29) is 6.04 Å². The van der Waals surface area contributed by atoms with Crippen LogP contribution < -0.4 is 4.74 Å². The predicted octanol–water partition coefficient (Wildman–Crippen LogP) is 5.06. The maximum Gasteiger partial charge on any atom is 0.119 e. The number of rotatable bonds is 7. The van der Waals surface area contributed by atoms with E-state index in [1.807, 2.05) is 35.1 Å². The molecule has 0 N–H and O–H groups in total. The molecule has 25 heavy (non-hydrogen) atoms. The zero-order valence-corrected chi connectivity index (χ0v) is 14.8. The molecule has 1 aromatic heterocycles. The van der Waals surface area contributed by atoms with Crippen LogP contribution >= 0.6 is 0 Å². The number of hydrogen-bond donors (Lipinski definition) is 0. The SMILES string of the molecule is CC(C)=CC(COc1ccc(Cc2ccccc2)cc1)n1cccn1. The molecule has 0 spiro atoms. The molecule has 0 radical (unpaired) electrons. The van der Waals surface area contributed by atoms with Crippen molar-refractivity contribution in [2.45, 2.75) is 26.3 Å². The Morgan fingerprint density at radius 3 is 2.36 bits per heavy atom. The molecule has 0 amide bonds. The van der Waals surface area contributed by atoms with Crippen molar-refractivity contribution in [2.75, 3.05) is 6.61 Å². The summed E-state index contributed by atoms with van der Waals surface area (Å²) in [5.74, 6) is 0.885. The average molecular weight is 332 g/mol. The van der Waals surface area contributed by atoms with E-state index in [2.05, 4.69) is 61.4 Å². The van der Waals surface area contributed by atoms with Crippen LogP contribution in [0.25, 0.3) is 0 Å². The highest BCUT2D eigenvalue weighted by atomic mass is 16.5. The molecule has 3 rings (SSSR count). The van der Waals surface area contributed by atoms with E-state index >= 15 is 0 Å². The highest BCUT2D eigenvalue weighted by molar-refractivity contribution is 5.31. The minimum Gasteiger partial charge on any atom is -0.491 e. The van der Waals surface area contributed by atoms with E-state index in [1.54, 1.807) is 6.20 Å². The fourth-order valence-corrected chi connectivity index (χ4v) is 2.78. The molecule has 0 aliphatic rings. The van der Waals surface area contributed by atoms with Gasteiger partial charge in [-0.15, -0.1) is 0 Å². The van der Waals surface area contributed by atoms with E-state index in [9.17, 15) is 0 Å². The van der Waals surface area contributed by atoms with Crippen LogP contribution in [0.2, 0.25) is 0 Å². The number of allylic oxidation sites excluding steroid dienone is 1. The van der Waals surface area contributed by atoms with Crippen LogP contribution in [0, 0.1) is 0 Å². The maximum absolute atomic E-state index is 5.99. The monoisotopic (exact) mass is 332 g/mol. The van der Waals surface area contributed by atoms with Gasteiger partial charge < -0.3 is 4.74 Å². The summed E-state index contributed by atoms with van der Waals surface area (Å²) in [5.41, 5.74) is 3.85. The first kappa shape index (κ1) is 17.0. The van der Waals surface area contributed by atoms with Gasteiger partial charge in [-0.1, -0.05) is 54.1 Å². The van der Waals surface area contributed by atoms with Crippen molar-refractivity contribution in [2.24, 2.45) is 0 Å². The zero-order chi connectivity index (χ0) is 17.5. The van der Waals surface area contributed by atoms with Crippen LogP contribution in [-0.4, -0.2) is 16.4 Å². The van der Waals surface area contributed by atoms with Crippen molar-refractivity contribution >= 4 is 0 Å². The zero-order valence-electron chi connectivity index (χ0n) is 14.8. The van der Waals surface area contributed by atoms with Gasteiger partial charge in [-0.05, 0) is 49.6 Å². The lowest BCUT2D eigenvalue weighted by molar-refractivity contribution is 0.266. The van der Waals surface area contributed by atoms with Gasteiger partial charge in [0.05, 0.1) is 0 Å². The van der Waals surface area contributed by atoms with Crippen molar-refractivity contribution in [1.29, 1.82) is 0 Å². The highest BCUT2D eigenvalue weighted by Gasteiger charge is 2.09. The molecule has 0 saturated carbocycles. The minimum absolute atomic E-state index is 0.101. The van der Waals surface area contributed by atoms with Crippen LogP contribution in [-0.2, 0) is 6.42 Å². The Labute approximate surface area is 149 Å². The van der Waals surface area contributed by atoms with Gasteiger partial charge in [0.15, 0.2) is 0 Å². The van der Waals surface area contributed by atoms with Gasteiger partial charge in [0.2, 0.25) is 0 Å². The van der Waals surface area contributed by atoms with E-state index in [1.165, 1.54) is 16.7 Å². The Balaban J connectivity index is 1.61. The normalized spacial score (nSPS) is 11.8. The van der Waals surface area contributed by atoms with Gasteiger partial charge in [-0.25, -0.2) is 0 Å². The molecule has 3 heteroatoms. The molecule has 0 bridgehead atoms. The van der Waals surface area contributed by atoms with Gasteiger partial charge in [-0.3, -0.25) is 4.68 Å². The Morgan fingerprint density at radius 1 is 1.00 bits per heavy atom. The first-order valence-corrected chi connectivity index (χ1v) is 8.60. The standard InChI is InChI=1S/C22H24N2O/c1-18(2)15-21(24-14-6-13-23-24)17-25-22-11-9-20(10-12-22)16-19-7-4-3-5-8-19/h3-15,21H,16-17H2,1-2H3. The molecule has 128 valence electrons. The van der Waals surface area contributed by atoms with Crippen LogP contribution in [0.5, 0.6) is 5.75 Å². The summed E-state index contributed by atoms with van der Waals surface area (Å²) in [6, 6.07) is 20.9. The van der Waals surface area contributed by atoms with Crippen molar-refractivity contribution < 1.29 is 4.74 Å². The molecule has 3 aromatic rings. The third-order valence-electron chi connectivity index (χ3n) is 3.99. The lowest BCUT2D eigenvalue weighted by Gasteiger charge is -2.16. The van der Waals surface area contributed by atoms with Crippen molar-refractivity contribution in [3.05, 3.63) is 95.8 Å². The number of hydrogen-bond acceptors (Lipinski definition) is 2. The van der Waals surface area contributed by atoms with Gasteiger partial charge in [0.1, 0.15) is 18.4 Å². The third-order valence-corrected chi connectivity index (χ3v) is 3.99. The molecule has 1 heterocycles. The van der Waals surface area contributed by atoms with Crippen LogP contribution in [0.4, 0.5) is 0 Å². The molecule has 0 aliphatic heterocycles. The summed E-state index contributed by atoms with van der Waals surface area (Å²) in [5, 5.41) is 4.33. The fraction of sp³-hybridized carbons (Fsp3) is 0.227. The van der Waals surface area contributed by atoms with Crippen LogP contribution in [0.3, 0.4) is 0 Å². The summed E-state index contributed by atoms with van der Waals surface area (Å²) in [7, 11) is 0. The Hall–Kier alpha value is -2.81. The van der Waals surface area contributed by atoms with Gasteiger partial charge >= 0.3 is 0 Å². The predicted molar refractivity (Wildman–Crippen MR) is 102 cm³/mol. The maximum atomic E-state index is 5.99. The molecule has 0 aliphatic carbocycles. The molecule has 1 atom stereocenters. The Kier molecular flexibility index (Phi) is 5.68. The summed E-state index contributed by atoms with van der Waals surface area (Å²) in [6.45, 7) is 4.74. The number of aromatic nitrogens is 2. The number of nitrogens with zero attached hydrogens (tertiary/aromatic N) is 2. The van der Waals surface area contributed by atoms with Gasteiger partial charge in [-0.2, -0.15) is 5.10 Å². The van der Waals surface area contributed by atoms with E-state index in [4.69, 9.17) is 4.74 Å². The number of ether oxygens (including phenoxy) is 1. The molecule has 0 fully saturated rings. The van der Waals surface area contributed by atoms with Gasteiger partial charge in [0, 0.05) is 12.4 Å². The topological polar surface area (TPSA) is 27.1 Å². The van der Waals surface area contributed by atoms with E-state index in [0.29, 0.717) is 6.61 Å². The highest BCUT2D eigenvalue weighted by Crippen LogP contribution is 2.18. The lowest BCUT2D eigenvalue weighted by Crippen LogP contribution is -2.16. The molecular weight excluding hydrogens is 308 g/mol. The summed E-state index contributed by atoms with van der Waals surface area (Å²) < 4.78 is 7.92. The second kappa shape index (κ2) is 8.34. The summed E-state index contributed by atoms with van der Waals surface area (Å²) >= 11 is 0. The smallest absolute Gasteiger partial charge is 0.119 e. The largest absolute Gasteiger partial charge is 0.491 e. The second-order valence-electron chi connectivity index (χ2n) is 6.41. The molecule has 2 aromatic carbocycles. The molecule has 3 nitrogen and oxygen atoms in total. The first-order chi connectivity index (χ1) is 12.2. The first-order valence-electron chi connectivity index (χ1n) is 8.60. The molecule has 1 unspecified atom stereocenters. The van der Waals surface area contributed by atoms with Crippen molar-refractivity contribution in [1.82, 2.24) is 9.78 Å². The van der Waals surface area contributed by atoms with Crippen molar-refractivity contribution in [3.63, 3.8) is 0 Å². The average Bonchev–Trinajstić information content (AvgIpc) is 3.15. The van der Waals surface area contributed by atoms with Crippen LogP contribution in [0.1, 0.15) is 31.0 Å². The van der Waals surface area contributed by atoms with Gasteiger partial charge in [0.25, 0.3) is 0 Å². The Bertz CT molecular complexity index is 786. The second-order valence-corrected chi connectivity index (χ2v) is 6.41. The quantitative estimate of drug-likeness (QED) is 0.565. The number of benzene rings is 2. The van der Waals surface area contributed by atoms with E-state index < -0.39 is 0 Å². The third kappa shape index (κ3) is 5.08. The minimum atomic E-state index is 0.101. The van der Waals surface area contributed by atoms with Crippen LogP contribution in [0.15, 0.2) is 84.7 Å². The fourth-order valence-electron chi connectivity index (χ4n) is 2.78. The van der Waals surface area contributed by atoms with Crippen molar-refractivity contribution in [3.8, 4) is 5.75 Å². The van der Waals surface area contributed by atoms with E-state index in [0.717, 1.165) is 12.2 Å². The summed E-state index contributed by atoms with van der Waals surface area (Å²) in [6.07, 6.45) is 6.88. The molecular formula is C22H24N2O. The lowest BCUT2D eigenvalue weighted by atomic mass is 10.1. The Morgan fingerprint density at radius 2 is 1.72 bits per heavy atom.